The maximum Gasteiger partial charge on any atom is 0.189 e. The van der Waals surface area contributed by atoms with Crippen molar-refractivity contribution in [3.63, 3.8) is 0 Å². The van der Waals surface area contributed by atoms with E-state index in [-0.39, 0.29) is 22.8 Å². The normalized spacial score (nSPS) is 12.1. The van der Waals surface area contributed by atoms with Crippen LogP contribution in [-0.4, -0.2) is 16.0 Å². The van der Waals surface area contributed by atoms with E-state index in [1.54, 1.807) is 13.0 Å². The maximum atomic E-state index is 11.9. The number of carbonyl (C=O) groups is 1. The van der Waals surface area contributed by atoms with Crippen LogP contribution in [0.2, 0.25) is 0 Å². The molecule has 0 saturated heterocycles. The van der Waals surface area contributed by atoms with Crippen LogP contribution in [0.15, 0.2) is 35.9 Å². The lowest BCUT2D eigenvalue weighted by atomic mass is 9.95. The lowest BCUT2D eigenvalue weighted by molar-refractivity contribution is 0.104. The second-order valence-corrected chi connectivity index (χ2v) is 4.13. The predicted octanol–water partition coefficient (Wildman–Crippen LogP) is 3.37. The van der Waals surface area contributed by atoms with Gasteiger partial charge in [0.25, 0.3) is 0 Å². The molecule has 0 atom stereocenters. The van der Waals surface area contributed by atoms with Crippen molar-refractivity contribution in [2.75, 3.05) is 0 Å². The summed E-state index contributed by atoms with van der Waals surface area (Å²) >= 11 is 0. The Morgan fingerprint density at radius 2 is 1.83 bits per heavy atom. The molecule has 0 spiro atoms. The minimum Gasteiger partial charge on any atom is -0.508 e. The number of carbonyl (C=O) groups excluding carboxylic acids is 1. The first-order chi connectivity index (χ1) is 8.51. The molecule has 0 aromatic heterocycles. The smallest absolute Gasteiger partial charge is 0.189 e. The minimum absolute atomic E-state index is 0.0295. The number of aromatic hydroxyl groups is 2. The Morgan fingerprint density at radius 3 is 2.39 bits per heavy atom. The van der Waals surface area contributed by atoms with E-state index in [1.807, 2.05) is 19.9 Å². The van der Waals surface area contributed by atoms with E-state index in [9.17, 15) is 15.0 Å². The van der Waals surface area contributed by atoms with Gasteiger partial charge in [0.1, 0.15) is 11.5 Å². The SMILES string of the molecule is C/C=C/C(=O)c1c(O)ccc(O)c1C/C(C)=C/C. The maximum absolute atomic E-state index is 11.9. The Bertz CT molecular complexity index is 511. The van der Waals surface area contributed by atoms with Crippen molar-refractivity contribution in [1.29, 1.82) is 0 Å². The summed E-state index contributed by atoms with van der Waals surface area (Å²) in [6, 6.07) is 2.74. The Kier molecular flexibility index (Phi) is 4.72. The van der Waals surface area contributed by atoms with Gasteiger partial charge in [0, 0.05) is 5.56 Å². The molecule has 3 heteroatoms. The lowest BCUT2D eigenvalue weighted by Gasteiger charge is -2.11. The molecule has 0 aliphatic carbocycles. The largest absolute Gasteiger partial charge is 0.508 e. The van der Waals surface area contributed by atoms with Crippen molar-refractivity contribution >= 4 is 5.78 Å². The first kappa shape index (κ1) is 14.0. The monoisotopic (exact) mass is 246 g/mol. The molecule has 96 valence electrons. The average Bonchev–Trinajstić information content (AvgIpc) is 2.34. The zero-order chi connectivity index (χ0) is 13.7. The third-order valence-corrected chi connectivity index (χ3v) is 2.78. The van der Waals surface area contributed by atoms with Gasteiger partial charge in [-0.3, -0.25) is 4.79 Å². The summed E-state index contributed by atoms with van der Waals surface area (Å²) in [5, 5.41) is 19.7. The summed E-state index contributed by atoms with van der Waals surface area (Å²) in [5.41, 5.74) is 1.66. The molecule has 0 radical (unpaired) electrons. The Hall–Kier alpha value is -2.03. The van der Waals surface area contributed by atoms with Crippen LogP contribution in [0.3, 0.4) is 0 Å². The van der Waals surface area contributed by atoms with Crippen molar-refractivity contribution < 1.29 is 15.0 Å². The topological polar surface area (TPSA) is 57.5 Å². The fourth-order valence-electron chi connectivity index (χ4n) is 1.69. The van der Waals surface area contributed by atoms with E-state index in [0.717, 1.165) is 5.57 Å². The molecule has 0 amide bonds. The van der Waals surface area contributed by atoms with Gasteiger partial charge < -0.3 is 10.2 Å². The summed E-state index contributed by atoms with van der Waals surface area (Å²) < 4.78 is 0. The third-order valence-electron chi connectivity index (χ3n) is 2.78. The molecule has 0 heterocycles. The number of phenolic OH excluding ortho intramolecular Hbond substituents is 2. The van der Waals surface area contributed by atoms with Crippen molar-refractivity contribution in [3.8, 4) is 11.5 Å². The molecule has 0 aliphatic rings. The Morgan fingerprint density at radius 1 is 1.22 bits per heavy atom. The quantitative estimate of drug-likeness (QED) is 0.370. The van der Waals surface area contributed by atoms with Crippen molar-refractivity contribution in [3.05, 3.63) is 47.1 Å². The fourth-order valence-corrected chi connectivity index (χ4v) is 1.69. The molecule has 0 unspecified atom stereocenters. The Balaban J connectivity index is 3.38. The van der Waals surface area contributed by atoms with Gasteiger partial charge in [0.15, 0.2) is 5.78 Å². The molecule has 18 heavy (non-hydrogen) atoms. The summed E-state index contributed by atoms with van der Waals surface area (Å²) in [4.78, 5) is 11.9. The molecule has 0 saturated carbocycles. The van der Waals surface area contributed by atoms with Crippen LogP contribution in [0, 0.1) is 0 Å². The summed E-state index contributed by atoms with van der Waals surface area (Å²) in [6.07, 6.45) is 5.34. The highest BCUT2D eigenvalue weighted by atomic mass is 16.3. The van der Waals surface area contributed by atoms with E-state index >= 15 is 0 Å². The number of ketones is 1. The lowest BCUT2D eigenvalue weighted by Crippen LogP contribution is -2.03. The average molecular weight is 246 g/mol. The standard InChI is InChI=1S/C15H18O3/c1-4-6-13(17)15-11(9-10(3)5-2)12(16)7-8-14(15)18/h4-8,16,18H,9H2,1-3H3/b6-4+,10-5+. The van der Waals surface area contributed by atoms with Crippen LogP contribution in [0.4, 0.5) is 0 Å². The van der Waals surface area contributed by atoms with Gasteiger partial charge in [-0.05, 0) is 45.4 Å². The van der Waals surface area contributed by atoms with Gasteiger partial charge >= 0.3 is 0 Å². The predicted molar refractivity (Wildman–Crippen MR) is 72.1 cm³/mol. The highest BCUT2D eigenvalue weighted by Gasteiger charge is 2.17. The second-order valence-electron chi connectivity index (χ2n) is 4.13. The molecule has 1 aromatic carbocycles. The number of allylic oxidation sites excluding steroid dienone is 4. The van der Waals surface area contributed by atoms with Gasteiger partial charge in [0.2, 0.25) is 0 Å². The van der Waals surface area contributed by atoms with Crippen molar-refractivity contribution in [2.24, 2.45) is 0 Å². The zero-order valence-corrected chi connectivity index (χ0v) is 10.9. The van der Waals surface area contributed by atoms with Crippen molar-refractivity contribution in [1.82, 2.24) is 0 Å². The number of hydrogen-bond donors (Lipinski definition) is 2. The first-order valence-electron chi connectivity index (χ1n) is 5.83. The molecule has 1 aromatic rings. The van der Waals surface area contributed by atoms with Gasteiger partial charge in [-0.1, -0.05) is 17.7 Å². The van der Waals surface area contributed by atoms with Crippen LogP contribution in [-0.2, 0) is 6.42 Å². The molecule has 3 nitrogen and oxygen atoms in total. The van der Waals surface area contributed by atoms with Gasteiger partial charge in [-0.15, -0.1) is 0 Å². The second kappa shape index (κ2) is 6.05. The number of rotatable bonds is 4. The molecule has 2 N–H and O–H groups in total. The number of benzene rings is 1. The zero-order valence-electron chi connectivity index (χ0n) is 10.9. The molecule has 0 bridgehead atoms. The summed E-state index contributed by atoms with van der Waals surface area (Å²) in [6.45, 7) is 5.53. The molecular formula is C15H18O3. The summed E-state index contributed by atoms with van der Waals surface area (Å²) in [5.74, 6) is -0.374. The highest BCUT2D eigenvalue weighted by molar-refractivity contribution is 6.08. The van der Waals surface area contributed by atoms with Crippen LogP contribution < -0.4 is 0 Å². The van der Waals surface area contributed by atoms with Crippen LogP contribution in [0.5, 0.6) is 11.5 Å². The van der Waals surface area contributed by atoms with E-state index < -0.39 is 0 Å². The van der Waals surface area contributed by atoms with E-state index in [4.69, 9.17) is 0 Å². The summed E-state index contributed by atoms with van der Waals surface area (Å²) in [7, 11) is 0. The van der Waals surface area contributed by atoms with Crippen LogP contribution >= 0.6 is 0 Å². The number of hydrogen-bond acceptors (Lipinski definition) is 3. The third kappa shape index (κ3) is 3.00. The molecule has 0 fully saturated rings. The highest BCUT2D eigenvalue weighted by Crippen LogP contribution is 2.31. The fraction of sp³-hybridized carbons (Fsp3) is 0.267. The molecule has 1 rings (SSSR count). The van der Waals surface area contributed by atoms with Gasteiger partial charge in [0.05, 0.1) is 5.56 Å². The van der Waals surface area contributed by atoms with Crippen LogP contribution in [0.1, 0.15) is 36.7 Å². The minimum atomic E-state index is -0.301. The van der Waals surface area contributed by atoms with E-state index in [2.05, 4.69) is 0 Å². The number of phenols is 2. The Labute approximate surface area is 107 Å². The molecular weight excluding hydrogens is 228 g/mol. The van der Waals surface area contributed by atoms with Gasteiger partial charge in [-0.25, -0.2) is 0 Å². The van der Waals surface area contributed by atoms with Gasteiger partial charge in [-0.2, -0.15) is 0 Å². The van der Waals surface area contributed by atoms with Crippen LogP contribution in [0.25, 0.3) is 0 Å². The first-order valence-corrected chi connectivity index (χ1v) is 5.83. The van der Waals surface area contributed by atoms with E-state index in [1.165, 1.54) is 18.2 Å². The van der Waals surface area contributed by atoms with Crippen molar-refractivity contribution in [2.45, 2.75) is 27.2 Å². The molecule has 0 aliphatic heterocycles. The van der Waals surface area contributed by atoms with E-state index in [0.29, 0.717) is 12.0 Å².